The first kappa shape index (κ1) is 15.8. The van der Waals surface area contributed by atoms with Crippen LogP contribution in [0.25, 0.3) is 0 Å². The van der Waals surface area contributed by atoms with E-state index in [2.05, 4.69) is 6.92 Å². The summed E-state index contributed by atoms with van der Waals surface area (Å²) in [6.07, 6.45) is 0.0208. The quantitative estimate of drug-likeness (QED) is 0.458. The van der Waals surface area contributed by atoms with Gasteiger partial charge >= 0.3 is 0 Å². The lowest BCUT2D eigenvalue weighted by molar-refractivity contribution is -0.335. The Bertz CT molecular complexity index is 237. The molecule has 0 unspecified atom stereocenters. The number of unbranched alkanes of at least 4 members (excludes halogenated alkanes) is 3. The van der Waals surface area contributed by atoms with E-state index >= 15 is 0 Å². The highest BCUT2D eigenvalue weighted by atomic mass is 16.7. The topological polar surface area (TPSA) is 99.4 Å². The molecular weight excluding hydrogens is 240 g/mol. The second kappa shape index (κ2) is 7.37. The molecule has 6 nitrogen and oxygen atoms in total. The highest BCUT2D eigenvalue weighted by Gasteiger charge is 2.48. The van der Waals surface area contributed by atoms with Crippen LogP contribution in [0.4, 0.5) is 0 Å². The molecule has 0 aromatic carbocycles. The molecule has 0 saturated carbocycles. The molecule has 1 aliphatic rings. The van der Waals surface area contributed by atoms with Gasteiger partial charge in [-0.05, 0) is 6.42 Å². The summed E-state index contributed by atoms with van der Waals surface area (Å²) in [7, 11) is 0. The van der Waals surface area contributed by atoms with Gasteiger partial charge in [0.15, 0.2) is 0 Å². The second-order valence-electron chi connectivity index (χ2n) is 4.77. The molecule has 0 aliphatic carbocycles. The summed E-state index contributed by atoms with van der Waals surface area (Å²) in [4.78, 5) is 0. The zero-order chi connectivity index (χ0) is 13.6. The van der Waals surface area contributed by atoms with E-state index in [1.165, 1.54) is 0 Å². The van der Waals surface area contributed by atoms with Crippen molar-refractivity contribution in [1.29, 1.82) is 0 Å². The predicted octanol–water partition coefficient (Wildman–Crippen LogP) is -0.615. The third-order valence-electron chi connectivity index (χ3n) is 3.14. The normalized spacial score (nSPS) is 36.8. The van der Waals surface area contributed by atoms with Gasteiger partial charge < -0.3 is 29.9 Å². The predicted molar refractivity (Wildman–Crippen MR) is 63.9 cm³/mol. The lowest BCUT2D eigenvalue weighted by atomic mass is 9.97. The van der Waals surface area contributed by atoms with Crippen molar-refractivity contribution in [2.45, 2.75) is 56.7 Å². The molecule has 1 rings (SSSR count). The van der Waals surface area contributed by atoms with Crippen molar-refractivity contribution in [3.63, 3.8) is 0 Å². The zero-order valence-corrected chi connectivity index (χ0v) is 10.8. The van der Waals surface area contributed by atoms with Gasteiger partial charge in [0.1, 0.15) is 24.9 Å². The fourth-order valence-electron chi connectivity index (χ4n) is 1.87. The third kappa shape index (κ3) is 4.15. The van der Waals surface area contributed by atoms with Crippen LogP contribution < -0.4 is 0 Å². The Morgan fingerprint density at radius 2 is 1.94 bits per heavy atom. The largest absolute Gasteiger partial charge is 0.388 e. The zero-order valence-electron chi connectivity index (χ0n) is 10.8. The van der Waals surface area contributed by atoms with E-state index in [9.17, 15) is 20.4 Å². The van der Waals surface area contributed by atoms with Gasteiger partial charge in [0.2, 0.25) is 5.79 Å². The molecule has 108 valence electrons. The van der Waals surface area contributed by atoms with Crippen LogP contribution in [0.1, 0.15) is 32.6 Å². The van der Waals surface area contributed by atoms with E-state index in [1.54, 1.807) is 0 Å². The van der Waals surface area contributed by atoms with Crippen LogP contribution in [0.5, 0.6) is 0 Å². The molecule has 0 aromatic rings. The summed E-state index contributed by atoms with van der Waals surface area (Å²) in [6.45, 7) is 2.14. The van der Waals surface area contributed by atoms with Gasteiger partial charge in [0, 0.05) is 6.61 Å². The van der Waals surface area contributed by atoms with E-state index in [1.807, 2.05) is 0 Å². The van der Waals surface area contributed by atoms with E-state index in [0.29, 0.717) is 6.61 Å². The number of aliphatic hydroxyl groups is 4. The molecule has 18 heavy (non-hydrogen) atoms. The first-order valence-corrected chi connectivity index (χ1v) is 6.49. The standard InChI is InChI=1S/C12H24O6/c1-2-3-4-5-6-17-8-12(16)11(15)10(14)9(13)7-18-12/h9-11,13-16H,2-8H2,1H3/t9-,10+,11-,12+/m0/s1. The average molecular weight is 264 g/mol. The third-order valence-corrected chi connectivity index (χ3v) is 3.14. The van der Waals surface area contributed by atoms with Crippen molar-refractivity contribution in [3.8, 4) is 0 Å². The first-order chi connectivity index (χ1) is 8.51. The summed E-state index contributed by atoms with van der Waals surface area (Å²) >= 11 is 0. The van der Waals surface area contributed by atoms with Crippen LogP contribution in [0.2, 0.25) is 0 Å². The highest BCUT2D eigenvalue weighted by molar-refractivity contribution is 4.91. The SMILES string of the molecule is CCCCCCOC[C@@]1(O)OC[C@H](O)[C@@H](O)[C@@H]1O. The molecule has 4 atom stereocenters. The molecule has 6 heteroatoms. The highest BCUT2D eigenvalue weighted by Crippen LogP contribution is 2.24. The van der Waals surface area contributed by atoms with Crippen molar-refractivity contribution >= 4 is 0 Å². The molecule has 0 radical (unpaired) electrons. The summed E-state index contributed by atoms with van der Waals surface area (Å²) in [5, 5.41) is 38.3. The fraction of sp³-hybridized carbons (Fsp3) is 1.00. The van der Waals surface area contributed by atoms with Crippen LogP contribution in [-0.4, -0.2) is 64.3 Å². The Kier molecular flexibility index (Phi) is 6.48. The minimum atomic E-state index is -1.94. The molecule has 0 aromatic heterocycles. The van der Waals surface area contributed by atoms with Crippen LogP contribution in [0.15, 0.2) is 0 Å². The Morgan fingerprint density at radius 3 is 2.61 bits per heavy atom. The molecule has 0 spiro atoms. The van der Waals surface area contributed by atoms with Crippen molar-refractivity contribution in [2.24, 2.45) is 0 Å². The van der Waals surface area contributed by atoms with E-state index in [4.69, 9.17) is 9.47 Å². The first-order valence-electron chi connectivity index (χ1n) is 6.49. The number of ether oxygens (including phenoxy) is 2. The molecule has 0 bridgehead atoms. The molecule has 4 N–H and O–H groups in total. The number of rotatable bonds is 7. The monoisotopic (exact) mass is 264 g/mol. The van der Waals surface area contributed by atoms with Gasteiger partial charge in [-0.15, -0.1) is 0 Å². The van der Waals surface area contributed by atoms with E-state index in [0.717, 1.165) is 25.7 Å². The molecule has 1 fully saturated rings. The van der Waals surface area contributed by atoms with Crippen molar-refractivity contribution < 1.29 is 29.9 Å². The van der Waals surface area contributed by atoms with Crippen molar-refractivity contribution in [2.75, 3.05) is 19.8 Å². The minimum absolute atomic E-state index is 0.218. The summed E-state index contributed by atoms with van der Waals surface area (Å²) in [6, 6.07) is 0. The minimum Gasteiger partial charge on any atom is -0.388 e. The fourth-order valence-corrected chi connectivity index (χ4v) is 1.87. The lowest BCUT2D eigenvalue weighted by Crippen LogP contribution is -2.62. The Morgan fingerprint density at radius 1 is 1.22 bits per heavy atom. The molecular formula is C12H24O6. The van der Waals surface area contributed by atoms with Gasteiger partial charge in [-0.25, -0.2) is 0 Å². The second-order valence-corrected chi connectivity index (χ2v) is 4.77. The number of hydrogen-bond acceptors (Lipinski definition) is 6. The van der Waals surface area contributed by atoms with Gasteiger partial charge in [-0.3, -0.25) is 0 Å². The molecule has 0 amide bonds. The van der Waals surface area contributed by atoms with Gasteiger partial charge in [-0.2, -0.15) is 0 Å². The summed E-state index contributed by atoms with van der Waals surface area (Å²) < 4.78 is 10.2. The van der Waals surface area contributed by atoms with Gasteiger partial charge in [-0.1, -0.05) is 26.2 Å². The van der Waals surface area contributed by atoms with Crippen LogP contribution in [-0.2, 0) is 9.47 Å². The molecule has 1 saturated heterocycles. The Hall–Kier alpha value is -0.240. The maximum absolute atomic E-state index is 9.96. The van der Waals surface area contributed by atoms with Gasteiger partial charge in [0.25, 0.3) is 0 Å². The maximum Gasteiger partial charge on any atom is 0.219 e. The average Bonchev–Trinajstić information content (AvgIpc) is 2.36. The van der Waals surface area contributed by atoms with E-state index < -0.39 is 24.1 Å². The summed E-state index contributed by atoms with van der Waals surface area (Å²) in [5.74, 6) is -1.94. The maximum atomic E-state index is 9.96. The molecule has 1 heterocycles. The lowest BCUT2D eigenvalue weighted by Gasteiger charge is -2.41. The van der Waals surface area contributed by atoms with E-state index in [-0.39, 0.29) is 13.2 Å². The number of hydrogen-bond donors (Lipinski definition) is 4. The van der Waals surface area contributed by atoms with Gasteiger partial charge in [0.05, 0.1) is 6.61 Å². The van der Waals surface area contributed by atoms with Crippen LogP contribution in [0.3, 0.4) is 0 Å². The van der Waals surface area contributed by atoms with Crippen molar-refractivity contribution in [1.82, 2.24) is 0 Å². The molecule has 1 aliphatic heterocycles. The van der Waals surface area contributed by atoms with Crippen molar-refractivity contribution in [3.05, 3.63) is 0 Å². The van der Waals surface area contributed by atoms with Crippen LogP contribution >= 0.6 is 0 Å². The smallest absolute Gasteiger partial charge is 0.219 e. The Labute approximate surface area is 107 Å². The van der Waals surface area contributed by atoms with Crippen LogP contribution in [0, 0.1) is 0 Å². The summed E-state index contributed by atoms with van der Waals surface area (Å²) in [5.41, 5.74) is 0. The number of aliphatic hydroxyl groups excluding tert-OH is 3. The Balaban J connectivity index is 2.27.